The molecule has 2 aromatic carbocycles. The Labute approximate surface area is 241 Å². The third-order valence-corrected chi connectivity index (χ3v) is 11.4. The lowest BCUT2D eigenvalue weighted by Crippen LogP contribution is -2.60. The van der Waals surface area contributed by atoms with E-state index in [1.165, 1.54) is 4.31 Å². The van der Waals surface area contributed by atoms with Gasteiger partial charge in [-0.25, -0.2) is 12.7 Å². The molecule has 2 fully saturated rings. The summed E-state index contributed by atoms with van der Waals surface area (Å²) in [6.45, 7) is 5.33. The van der Waals surface area contributed by atoms with Crippen molar-refractivity contribution < 1.29 is 23.1 Å². The quantitative estimate of drug-likeness (QED) is 0.365. The van der Waals surface area contributed by atoms with Crippen LogP contribution in [0, 0.1) is 11.3 Å². The van der Waals surface area contributed by atoms with E-state index in [9.17, 15) is 23.1 Å². The molecule has 1 heterocycles. The van der Waals surface area contributed by atoms with Crippen LogP contribution in [0.3, 0.4) is 0 Å². The zero-order valence-electron chi connectivity index (χ0n) is 22.7. The van der Waals surface area contributed by atoms with Crippen LogP contribution in [0.5, 0.6) is 0 Å². The van der Waals surface area contributed by atoms with E-state index >= 15 is 0 Å². The summed E-state index contributed by atoms with van der Waals surface area (Å²) in [7, 11) is -1.91. The predicted octanol–water partition coefficient (Wildman–Crippen LogP) is 5.98. The normalized spacial score (nSPS) is 25.5. The second-order valence-corrected chi connectivity index (χ2v) is 14.3. The predicted molar refractivity (Wildman–Crippen MR) is 153 cm³/mol. The molecule has 5 atom stereocenters. The van der Waals surface area contributed by atoms with Gasteiger partial charge in [0.25, 0.3) is 0 Å². The summed E-state index contributed by atoms with van der Waals surface area (Å²) in [5.74, 6) is -2.61. The summed E-state index contributed by atoms with van der Waals surface area (Å²) in [6, 6.07) is 13.8. The van der Waals surface area contributed by atoms with Crippen LogP contribution < -0.4 is 0 Å². The van der Waals surface area contributed by atoms with Gasteiger partial charge in [0.05, 0.1) is 22.6 Å². The van der Waals surface area contributed by atoms with Gasteiger partial charge < -0.3 is 10.0 Å². The smallest absolute Gasteiger partial charge is 0.307 e. The molecule has 0 spiro atoms. The first kappa shape index (κ1) is 29.8. The number of hydrogen-bond donors (Lipinski definition) is 1. The standard InChI is InChI=1S/C29H36Cl2N2O5S/c1-5-23(17-32(4)39(37,38)24-13-14-24)33-26(19-9-11-21(30)12-10-19)25(20-7-6-8-22(31)15-20)16-29(3,28(33)36)18(2)27(34)35/h6-12,15,18,23-26H,5,13-14,16-17H2,1-4H3,(H,34,35). The van der Waals surface area contributed by atoms with Crippen molar-refractivity contribution in [2.45, 2.75) is 69.7 Å². The number of hydrogen-bond acceptors (Lipinski definition) is 4. The highest BCUT2D eigenvalue weighted by atomic mass is 35.5. The topological polar surface area (TPSA) is 95.0 Å². The van der Waals surface area contributed by atoms with Crippen LogP contribution in [0.4, 0.5) is 0 Å². The molecule has 1 amide bonds. The lowest BCUT2D eigenvalue weighted by molar-refractivity contribution is -0.167. The van der Waals surface area contributed by atoms with E-state index in [4.69, 9.17) is 23.2 Å². The second-order valence-electron chi connectivity index (χ2n) is 11.1. The molecule has 0 bridgehead atoms. The van der Waals surface area contributed by atoms with Gasteiger partial charge in [-0.1, -0.05) is 61.3 Å². The number of aliphatic carboxylic acids is 1. The Morgan fingerprint density at radius 3 is 2.31 bits per heavy atom. The molecule has 1 aliphatic heterocycles. The van der Waals surface area contributed by atoms with E-state index in [-0.39, 0.29) is 30.0 Å². The fourth-order valence-electron chi connectivity index (χ4n) is 5.82. The van der Waals surface area contributed by atoms with Crippen molar-refractivity contribution in [2.24, 2.45) is 11.3 Å². The third-order valence-electron chi connectivity index (χ3n) is 8.57. The Balaban J connectivity index is 1.89. The summed E-state index contributed by atoms with van der Waals surface area (Å²) in [5.41, 5.74) is 0.495. The van der Waals surface area contributed by atoms with Crippen LogP contribution in [-0.4, -0.2) is 59.5 Å². The number of amides is 1. The molecular formula is C29H36Cl2N2O5S. The molecule has 1 N–H and O–H groups in total. The van der Waals surface area contributed by atoms with Crippen molar-refractivity contribution in [3.63, 3.8) is 0 Å². The summed E-state index contributed by atoms with van der Waals surface area (Å²) in [4.78, 5) is 28.5. The van der Waals surface area contributed by atoms with E-state index in [1.54, 1.807) is 44.0 Å². The van der Waals surface area contributed by atoms with Gasteiger partial charge in [0.2, 0.25) is 15.9 Å². The number of carbonyl (C=O) groups excluding carboxylic acids is 1. The van der Waals surface area contributed by atoms with Gasteiger partial charge in [-0.3, -0.25) is 9.59 Å². The van der Waals surface area contributed by atoms with Gasteiger partial charge in [-0.05, 0) is 68.0 Å². The summed E-state index contributed by atoms with van der Waals surface area (Å²) >= 11 is 12.6. The number of carboxylic acid groups (broad SMARTS) is 1. The molecule has 5 unspecified atom stereocenters. The van der Waals surface area contributed by atoms with Crippen molar-refractivity contribution in [2.75, 3.05) is 13.6 Å². The number of piperidine rings is 1. The lowest BCUT2D eigenvalue weighted by atomic mass is 9.63. The molecule has 1 aliphatic carbocycles. The maximum absolute atomic E-state index is 14.5. The maximum Gasteiger partial charge on any atom is 0.307 e. The van der Waals surface area contributed by atoms with Crippen LogP contribution in [0.1, 0.15) is 69.5 Å². The number of likely N-dealkylation sites (tertiary alicyclic amines) is 1. The first-order chi connectivity index (χ1) is 18.3. The highest BCUT2D eigenvalue weighted by Crippen LogP contribution is 2.53. The van der Waals surface area contributed by atoms with Gasteiger partial charge >= 0.3 is 5.97 Å². The average molecular weight is 596 g/mol. The SMILES string of the molecule is CCC(CN(C)S(=O)(=O)C1CC1)N1C(=O)C(C)(C(C)C(=O)O)CC(c2cccc(Cl)c2)C1c1ccc(Cl)cc1. The van der Waals surface area contributed by atoms with Crippen molar-refractivity contribution >= 4 is 45.1 Å². The van der Waals surface area contributed by atoms with Gasteiger partial charge in [0, 0.05) is 35.6 Å². The fraction of sp³-hybridized carbons (Fsp3) is 0.517. The van der Waals surface area contributed by atoms with Crippen molar-refractivity contribution in [3.8, 4) is 0 Å². The van der Waals surface area contributed by atoms with E-state index in [0.717, 1.165) is 11.1 Å². The van der Waals surface area contributed by atoms with E-state index in [2.05, 4.69) is 0 Å². The minimum atomic E-state index is -3.48. The molecule has 39 heavy (non-hydrogen) atoms. The Hall–Kier alpha value is -2.13. The van der Waals surface area contributed by atoms with Crippen molar-refractivity contribution in [3.05, 3.63) is 69.7 Å². The van der Waals surface area contributed by atoms with E-state index in [0.29, 0.717) is 29.3 Å². The van der Waals surface area contributed by atoms with Crippen LogP contribution >= 0.6 is 23.2 Å². The highest BCUT2D eigenvalue weighted by molar-refractivity contribution is 7.90. The minimum Gasteiger partial charge on any atom is -0.481 e. The lowest BCUT2D eigenvalue weighted by Gasteiger charge is -2.53. The third kappa shape index (κ3) is 5.85. The number of carboxylic acids is 1. The molecule has 4 rings (SSSR count). The second kappa shape index (κ2) is 11.4. The van der Waals surface area contributed by atoms with Gasteiger partial charge in [-0.2, -0.15) is 0 Å². The first-order valence-electron chi connectivity index (χ1n) is 13.3. The molecule has 10 heteroatoms. The summed E-state index contributed by atoms with van der Waals surface area (Å²) in [5, 5.41) is 10.8. The number of benzene rings is 2. The van der Waals surface area contributed by atoms with Crippen LogP contribution in [-0.2, 0) is 19.6 Å². The number of rotatable bonds is 10. The molecule has 1 saturated carbocycles. The van der Waals surface area contributed by atoms with E-state index in [1.807, 2.05) is 37.3 Å². The number of halogens is 2. The Morgan fingerprint density at radius 2 is 1.77 bits per heavy atom. The maximum atomic E-state index is 14.5. The minimum absolute atomic E-state index is 0.116. The molecule has 2 aliphatic rings. The van der Waals surface area contributed by atoms with E-state index < -0.39 is 39.4 Å². The van der Waals surface area contributed by atoms with Gasteiger partial charge in [0.1, 0.15) is 0 Å². The monoisotopic (exact) mass is 594 g/mol. The molecule has 1 saturated heterocycles. The van der Waals surface area contributed by atoms with Gasteiger partial charge in [0.15, 0.2) is 0 Å². The zero-order valence-corrected chi connectivity index (χ0v) is 25.0. The van der Waals surface area contributed by atoms with Crippen LogP contribution in [0.2, 0.25) is 10.0 Å². The highest BCUT2D eigenvalue weighted by Gasteiger charge is 2.55. The van der Waals surface area contributed by atoms with Crippen molar-refractivity contribution in [1.82, 2.24) is 9.21 Å². The molecule has 2 aromatic rings. The Kier molecular flexibility index (Phi) is 8.72. The number of carbonyl (C=O) groups is 2. The summed E-state index contributed by atoms with van der Waals surface area (Å²) < 4.78 is 27.5. The zero-order chi connectivity index (χ0) is 28.7. The van der Waals surface area contributed by atoms with Crippen LogP contribution in [0.15, 0.2) is 48.5 Å². The molecule has 7 nitrogen and oxygen atoms in total. The Morgan fingerprint density at radius 1 is 1.13 bits per heavy atom. The molecule has 0 aromatic heterocycles. The summed E-state index contributed by atoms with van der Waals surface area (Å²) in [6.07, 6.45) is 2.06. The number of likely N-dealkylation sites (N-methyl/N-ethyl adjacent to an activating group) is 1. The first-order valence-corrected chi connectivity index (χ1v) is 15.6. The fourth-order valence-corrected chi connectivity index (χ4v) is 7.77. The Bertz CT molecular complexity index is 1330. The number of sulfonamides is 1. The molecular weight excluding hydrogens is 559 g/mol. The number of nitrogens with zero attached hydrogens (tertiary/aromatic N) is 2. The average Bonchev–Trinajstić information content (AvgIpc) is 3.75. The molecule has 0 radical (unpaired) electrons. The molecule has 212 valence electrons. The van der Waals surface area contributed by atoms with Crippen LogP contribution in [0.25, 0.3) is 0 Å². The largest absolute Gasteiger partial charge is 0.481 e. The van der Waals surface area contributed by atoms with Gasteiger partial charge in [-0.15, -0.1) is 0 Å². The van der Waals surface area contributed by atoms with Crippen molar-refractivity contribution in [1.29, 1.82) is 0 Å².